The number of hydrogen-bond donors (Lipinski definition) is 1. The first-order chi connectivity index (χ1) is 8.68. The lowest BCUT2D eigenvalue weighted by atomic mass is 10.2. The molecule has 90 valence electrons. The maximum atomic E-state index is 13.7. The smallest absolute Gasteiger partial charge is 0.170 e. The van der Waals surface area contributed by atoms with Crippen LogP contribution in [-0.4, -0.2) is 19.5 Å². The summed E-state index contributed by atoms with van der Waals surface area (Å²) in [5, 5.41) is 0. The largest absolute Gasteiger partial charge is 0.382 e. The van der Waals surface area contributed by atoms with E-state index in [4.69, 9.17) is 5.73 Å². The topological polar surface area (TPSA) is 69.6 Å². The number of aromatic nitrogens is 4. The second-order valence-corrected chi connectivity index (χ2v) is 3.62. The summed E-state index contributed by atoms with van der Waals surface area (Å²) in [7, 11) is 0. The van der Waals surface area contributed by atoms with Crippen LogP contribution in [0.3, 0.4) is 0 Å². The summed E-state index contributed by atoms with van der Waals surface area (Å²) in [5.74, 6) is -1.01. The van der Waals surface area contributed by atoms with Crippen LogP contribution in [0, 0.1) is 11.6 Å². The second kappa shape index (κ2) is 3.73. The summed E-state index contributed by atoms with van der Waals surface area (Å²) in [5.41, 5.74) is 5.66. The molecule has 0 bridgehead atoms. The number of nitrogen functional groups attached to an aromatic ring is 1. The molecule has 2 N–H and O–H groups in total. The third-order valence-electron chi connectivity index (χ3n) is 2.54. The van der Waals surface area contributed by atoms with Gasteiger partial charge in [-0.3, -0.25) is 4.57 Å². The highest BCUT2D eigenvalue weighted by Crippen LogP contribution is 2.27. The summed E-state index contributed by atoms with van der Waals surface area (Å²) >= 11 is 0. The average molecular weight is 247 g/mol. The fourth-order valence-electron chi connectivity index (χ4n) is 1.74. The van der Waals surface area contributed by atoms with E-state index in [1.165, 1.54) is 23.3 Å². The van der Waals surface area contributed by atoms with Gasteiger partial charge in [-0.1, -0.05) is 6.07 Å². The third kappa shape index (κ3) is 1.41. The van der Waals surface area contributed by atoms with Gasteiger partial charge < -0.3 is 5.73 Å². The zero-order valence-corrected chi connectivity index (χ0v) is 9.01. The molecule has 2 aliphatic heterocycles. The maximum absolute atomic E-state index is 13.7. The molecular formula is C11H7F2N5. The lowest BCUT2D eigenvalue weighted by molar-refractivity contribution is 0.567. The molecule has 5 nitrogen and oxygen atoms in total. The summed E-state index contributed by atoms with van der Waals surface area (Å²) < 4.78 is 28.6. The van der Waals surface area contributed by atoms with Crippen LogP contribution in [0.2, 0.25) is 0 Å². The van der Waals surface area contributed by atoms with Gasteiger partial charge in [-0.2, -0.15) is 0 Å². The molecule has 2 heterocycles. The number of anilines is 1. The highest BCUT2D eigenvalue weighted by Gasteiger charge is 2.19. The molecule has 0 unspecified atom stereocenters. The van der Waals surface area contributed by atoms with E-state index in [0.717, 1.165) is 12.1 Å². The molecule has 0 aromatic heterocycles. The first-order valence-electron chi connectivity index (χ1n) is 5.06. The Balaban J connectivity index is 2.34. The molecule has 1 aromatic rings. The summed E-state index contributed by atoms with van der Waals surface area (Å²) in [6.07, 6.45) is 2.48. The van der Waals surface area contributed by atoms with E-state index in [2.05, 4.69) is 15.0 Å². The van der Waals surface area contributed by atoms with Gasteiger partial charge in [0.1, 0.15) is 30.0 Å². The Bertz CT molecular complexity index is 674. The molecule has 0 spiro atoms. The van der Waals surface area contributed by atoms with Gasteiger partial charge in [0.05, 0.1) is 0 Å². The molecule has 0 aliphatic carbocycles. The number of nitrogens with zero attached hydrogens (tertiary/aromatic N) is 4. The van der Waals surface area contributed by atoms with Gasteiger partial charge in [0.25, 0.3) is 0 Å². The van der Waals surface area contributed by atoms with Crippen LogP contribution < -0.4 is 5.73 Å². The third-order valence-corrected chi connectivity index (χ3v) is 2.54. The van der Waals surface area contributed by atoms with Crippen LogP contribution in [0.4, 0.5) is 14.6 Å². The highest BCUT2D eigenvalue weighted by atomic mass is 19.1. The molecule has 18 heavy (non-hydrogen) atoms. The highest BCUT2D eigenvalue weighted by molar-refractivity contribution is 5.66. The van der Waals surface area contributed by atoms with E-state index >= 15 is 0 Å². The molecule has 3 rings (SSSR count). The van der Waals surface area contributed by atoms with Crippen molar-refractivity contribution in [3.05, 3.63) is 42.5 Å². The lowest BCUT2D eigenvalue weighted by Gasteiger charge is -2.12. The number of fused-ring (bicyclic) bond motifs is 1. The number of para-hydroxylation sites is 1. The summed E-state index contributed by atoms with van der Waals surface area (Å²) in [6.45, 7) is 0. The van der Waals surface area contributed by atoms with Crippen molar-refractivity contribution in [1.82, 2.24) is 19.5 Å². The van der Waals surface area contributed by atoms with Crippen molar-refractivity contribution in [2.75, 3.05) is 5.73 Å². The Kier molecular flexibility index (Phi) is 2.19. The van der Waals surface area contributed by atoms with Gasteiger partial charge in [0.15, 0.2) is 17.3 Å². The Labute approximate surface area is 100 Å². The van der Waals surface area contributed by atoms with Gasteiger partial charge in [-0.05, 0) is 12.1 Å². The van der Waals surface area contributed by atoms with Crippen LogP contribution in [0.5, 0.6) is 0 Å². The number of rotatable bonds is 1. The molecule has 0 fully saturated rings. The molecule has 2 aliphatic rings. The Morgan fingerprint density at radius 2 is 1.78 bits per heavy atom. The van der Waals surface area contributed by atoms with Crippen molar-refractivity contribution in [2.24, 2.45) is 0 Å². The van der Waals surface area contributed by atoms with E-state index in [-0.39, 0.29) is 17.3 Å². The van der Waals surface area contributed by atoms with Gasteiger partial charge >= 0.3 is 0 Å². The van der Waals surface area contributed by atoms with Gasteiger partial charge in [0, 0.05) is 0 Å². The van der Waals surface area contributed by atoms with Crippen molar-refractivity contribution in [2.45, 2.75) is 0 Å². The first-order valence-corrected chi connectivity index (χ1v) is 5.06. The van der Waals surface area contributed by atoms with E-state index < -0.39 is 11.6 Å². The minimum absolute atomic E-state index is 0.162. The number of hydrogen-bond acceptors (Lipinski definition) is 4. The predicted octanol–water partition coefficient (Wildman–Crippen LogP) is 1.63. The fourth-order valence-corrected chi connectivity index (χ4v) is 1.74. The van der Waals surface area contributed by atoms with Crippen molar-refractivity contribution in [3.8, 4) is 17.2 Å². The quantitative estimate of drug-likeness (QED) is 0.709. The van der Waals surface area contributed by atoms with Gasteiger partial charge in [0.2, 0.25) is 0 Å². The van der Waals surface area contributed by atoms with Crippen LogP contribution >= 0.6 is 0 Å². The molecule has 0 saturated heterocycles. The van der Waals surface area contributed by atoms with Crippen molar-refractivity contribution in [1.29, 1.82) is 0 Å². The Hall–Kier alpha value is -2.57. The van der Waals surface area contributed by atoms with Crippen molar-refractivity contribution < 1.29 is 8.78 Å². The summed E-state index contributed by atoms with van der Waals surface area (Å²) in [4.78, 5) is 11.7. The lowest BCUT2D eigenvalue weighted by Crippen LogP contribution is -2.09. The number of halogens is 2. The average Bonchev–Trinajstić information content (AvgIpc) is 2.81. The van der Waals surface area contributed by atoms with Crippen LogP contribution in [-0.2, 0) is 0 Å². The number of benzene rings is 1. The number of nitrogens with two attached hydrogens (primary N) is 1. The van der Waals surface area contributed by atoms with E-state index in [9.17, 15) is 8.78 Å². The Morgan fingerprint density at radius 1 is 1.06 bits per heavy atom. The molecule has 0 amide bonds. The standard InChI is InChI=1S/C11H7F2N5/c12-6-2-1-3-7(13)9(6)18-5-17-10(14)8-11(18)16-4-15-8/h1-5H,14H2. The fraction of sp³-hybridized carbons (Fsp3) is 0. The summed E-state index contributed by atoms with van der Waals surface area (Å²) in [6, 6.07) is 3.60. The van der Waals surface area contributed by atoms with Crippen LogP contribution in [0.15, 0.2) is 30.9 Å². The van der Waals surface area contributed by atoms with Crippen LogP contribution in [0.1, 0.15) is 0 Å². The molecule has 0 radical (unpaired) electrons. The van der Waals surface area contributed by atoms with E-state index in [0.29, 0.717) is 5.69 Å². The monoisotopic (exact) mass is 247 g/mol. The SMILES string of the molecule is Nc1ncn(-c2c(F)cccc2F)c2ncnc1-2. The first kappa shape index (κ1) is 10.6. The Morgan fingerprint density at radius 3 is 2.50 bits per heavy atom. The zero-order valence-electron chi connectivity index (χ0n) is 9.01. The minimum Gasteiger partial charge on any atom is -0.382 e. The molecular weight excluding hydrogens is 240 g/mol. The van der Waals surface area contributed by atoms with Gasteiger partial charge in [-0.25, -0.2) is 23.7 Å². The van der Waals surface area contributed by atoms with Crippen molar-refractivity contribution in [3.63, 3.8) is 0 Å². The van der Waals surface area contributed by atoms with E-state index in [1.807, 2.05) is 0 Å². The van der Waals surface area contributed by atoms with E-state index in [1.54, 1.807) is 0 Å². The molecule has 0 atom stereocenters. The molecule has 0 saturated carbocycles. The zero-order chi connectivity index (χ0) is 12.7. The molecule has 1 aromatic carbocycles. The normalized spacial score (nSPS) is 11.0. The number of imidazole rings is 1. The van der Waals surface area contributed by atoms with Crippen LogP contribution in [0.25, 0.3) is 17.2 Å². The van der Waals surface area contributed by atoms with Crippen molar-refractivity contribution >= 4 is 5.82 Å². The predicted molar refractivity (Wildman–Crippen MR) is 60.1 cm³/mol. The maximum Gasteiger partial charge on any atom is 0.170 e. The second-order valence-electron chi connectivity index (χ2n) is 3.62. The molecule has 7 heteroatoms. The minimum atomic E-state index is -0.712. The van der Waals surface area contributed by atoms with Gasteiger partial charge in [-0.15, -0.1) is 0 Å².